The number of hydrogen-bond donors (Lipinski definition) is 1. The Labute approximate surface area is 161 Å². The van der Waals surface area contributed by atoms with Crippen LogP contribution in [-0.2, 0) is 16.6 Å². The minimum atomic E-state index is -0.586. The molecule has 140 valence electrons. The van der Waals surface area contributed by atoms with E-state index in [1.807, 2.05) is 35.9 Å². The lowest BCUT2D eigenvalue weighted by Crippen LogP contribution is -2.57. The van der Waals surface area contributed by atoms with Crippen molar-refractivity contribution in [3.05, 3.63) is 77.8 Å². The van der Waals surface area contributed by atoms with Crippen molar-refractivity contribution < 1.29 is 14.0 Å². The van der Waals surface area contributed by atoms with Crippen LogP contribution in [-0.4, -0.2) is 23.4 Å². The van der Waals surface area contributed by atoms with Gasteiger partial charge in [0.05, 0.1) is 29.8 Å². The number of likely N-dealkylation sites (N-methyl/N-ethyl adjacent to an activating group) is 1. The number of carbonyl (C=O) groups excluding carboxylic acids is 2. The first-order chi connectivity index (χ1) is 13.4. The topological polar surface area (TPSA) is 65.1 Å². The summed E-state index contributed by atoms with van der Waals surface area (Å²) >= 11 is 0. The molecular formula is C22H19FN3O2+. The quantitative estimate of drug-likeness (QED) is 0.551. The average Bonchev–Trinajstić information content (AvgIpc) is 2.98. The smallest absolute Gasteiger partial charge is 0.360 e. The Morgan fingerprint density at radius 1 is 1.14 bits per heavy atom. The molecule has 4 rings (SSSR count). The molecule has 6 heteroatoms. The summed E-state index contributed by atoms with van der Waals surface area (Å²) in [7, 11) is 3.40. The van der Waals surface area contributed by atoms with Gasteiger partial charge in [0, 0.05) is 18.6 Å². The molecule has 2 amide bonds. The maximum Gasteiger partial charge on any atom is 0.360 e. The van der Waals surface area contributed by atoms with E-state index >= 15 is 0 Å². The fraction of sp³-hybridized carbons (Fsp3) is 0.0909. The summed E-state index contributed by atoms with van der Waals surface area (Å²) in [6.07, 6.45) is 4.12. The van der Waals surface area contributed by atoms with Crippen LogP contribution in [0.25, 0.3) is 22.6 Å². The van der Waals surface area contributed by atoms with Crippen LogP contribution in [0.4, 0.5) is 10.2 Å². The van der Waals surface area contributed by atoms with Crippen molar-refractivity contribution in [2.75, 3.05) is 7.05 Å². The van der Waals surface area contributed by atoms with Gasteiger partial charge in [0.1, 0.15) is 5.82 Å². The highest BCUT2D eigenvalue weighted by Crippen LogP contribution is 2.43. The molecule has 0 bridgehead atoms. The number of imide groups is 1. The Morgan fingerprint density at radius 3 is 2.50 bits per heavy atom. The van der Waals surface area contributed by atoms with Crippen LogP contribution in [0.3, 0.4) is 0 Å². The van der Waals surface area contributed by atoms with Gasteiger partial charge >= 0.3 is 11.8 Å². The maximum atomic E-state index is 13.5. The molecule has 0 aliphatic carbocycles. The zero-order valence-corrected chi connectivity index (χ0v) is 15.5. The molecule has 1 aliphatic heterocycles. The molecule has 0 saturated carbocycles. The second-order valence-corrected chi connectivity index (χ2v) is 6.89. The highest BCUT2D eigenvalue weighted by Gasteiger charge is 2.50. The molecule has 1 unspecified atom stereocenters. The largest absolute Gasteiger partial charge is 0.404 e. The molecule has 0 spiro atoms. The fourth-order valence-corrected chi connectivity index (χ4v) is 3.91. The second-order valence-electron chi connectivity index (χ2n) is 6.89. The van der Waals surface area contributed by atoms with Gasteiger partial charge < -0.3 is 5.73 Å². The normalized spacial score (nSPS) is 19.1. The molecule has 1 atom stereocenters. The molecule has 28 heavy (non-hydrogen) atoms. The molecule has 2 aromatic carbocycles. The summed E-state index contributed by atoms with van der Waals surface area (Å²) < 4.78 is 14.7. The number of nitrogens with zero attached hydrogens (tertiary/aromatic N) is 2. The number of carbonyl (C=O) groups is 2. The van der Waals surface area contributed by atoms with Gasteiger partial charge in [-0.05, 0) is 29.8 Å². The minimum Gasteiger partial charge on any atom is -0.404 e. The van der Waals surface area contributed by atoms with Gasteiger partial charge in [0.25, 0.3) is 0 Å². The molecule has 0 radical (unpaired) electrons. The van der Waals surface area contributed by atoms with E-state index < -0.39 is 22.1 Å². The number of hydrogen-bond acceptors (Lipinski definition) is 3. The zero-order valence-electron chi connectivity index (χ0n) is 15.5. The summed E-state index contributed by atoms with van der Waals surface area (Å²) in [6.45, 7) is 0. The van der Waals surface area contributed by atoms with Crippen molar-refractivity contribution in [2.45, 2.75) is 0 Å². The number of aromatic nitrogens is 1. The van der Waals surface area contributed by atoms with Gasteiger partial charge in [-0.1, -0.05) is 30.3 Å². The number of amides is 2. The van der Waals surface area contributed by atoms with Crippen LogP contribution in [0, 0.1) is 5.82 Å². The van der Waals surface area contributed by atoms with Crippen molar-refractivity contribution in [1.82, 2.24) is 9.05 Å². The standard InChI is InChI=1S/C22H18FN3O2/c1-25-19-6-4-3-5-16(19)18-13-17(14-7-9-15(23)10-8-14)22(28)26(2,21(18)25)20(27)11-12-24/h3-13H,1-2H3,(H-,24,27)/p+1. The molecule has 1 aliphatic rings. The van der Waals surface area contributed by atoms with E-state index in [-0.39, 0.29) is 0 Å². The van der Waals surface area contributed by atoms with E-state index in [4.69, 9.17) is 5.73 Å². The highest BCUT2D eigenvalue weighted by atomic mass is 19.1. The highest BCUT2D eigenvalue weighted by molar-refractivity contribution is 6.37. The SMILES string of the molecule is Cn1c2c(c3ccccc31)C=C(c1ccc(F)cc1)C(=O)[N+]2(C)C(=O)C=CN. The van der Waals surface area contributed by atoms with Crippen LogP contribution >= 0.6 is 0 Å². The number of benzene rings is 2. The van der Waals surface area contributed by atoms with E-state index in [9.17, 15) is 14.0 Å². The Morgan fingerprint density at radius 2 is 1.82 bits per heavy atom. The van der Waals surface area contributed by atoms with Crippen molar-refractivity contribution in [3.8, 4) is 0 Å². The summed E-state index contributed by atoms with van der Waals surface area (Å²) in [6, 6.07) is 13.4. The molecular weight excluding hydrogens is 357 g/mol. The van der Waals surface area contributed by atoms with Crippen LogP contribution in [0.2, 0.25) is 0 Å². The van der Waals surface area contributed by atoms with Crippen LogP contribution in [0.1, 0.15) is 11.1 Å². The zero-order chi connectivity index (χ0) is 20.1. The van der Waals surface area contributed by atoms with E-state index in [1.165, 1.54) is 18.2 Å². The average molecular weight is 376 g/mol. The van der Waals surface area contributed by atoms with E-state index in [0.717, 1.165) is 22.7 Å². The summed E-state index contributed by atoms with van der Waals surface area (Å²) in [4.78, 5) is 26.6. The number of fused-ring (bicyclic) bond motifs is 3. The summed E-state index contributed by atoms with van der Waals surface area (Å²) in [5.41, 5.74) is 8.05. The van der Waals surface area contributed by atoms with Crippen molar-refractivity contribution >= 4 is 40.2 Å². The van der Waals surface area contributed by atoms with Crippen LogP contribution in [0.15, 0.2) is 60.8 Å². The number of quaternary nitrogens is 1. The first-order valence-corrected chi connectivity index (χ1v) is 8.79. The molecule has 0 fully saturated rings. The Hall–Kier alpha value is -3.51. The Bertz CT molecular complexity index is 1190. The Kier molecular flexibility index (Phi) is 4.01. The minimum absolute atomic E-state index is 0.352. The van der Waals surface area contributed by atoms with Crippen molar-refractivity contribution in [3.63, 3.8) is 0 Å². The molecule has 1 aromatic heterocycles. The molecule has 2 N–H and O–H groups in total. The lowest BCUT2D eigenvalue weighted by Gasteiger charge is -2.31. The van der Waals surface area contributed by atoms with E-state index in [2.05, 4.69) is 0 Å². The summed E-state index contributed by atoms with van der Waals surface area (Å²) in [5, 5.41) is 0.931. The monoisotopic (exact) mass is 376 g/mol. The van der Waals surface area contributed by atoms with Gasteiger partial charge in [-0.15, -0.1) is 4.48 Å². The maximum absolute atomic E-state index is 13.5. The second kappa shape index (κ2) is 6.28. The third-order valence-corrected chi connectivity index (χ3v) is 5.30. The van der Waals surface area contributed by atoms with Gasteiger partial charge in [-0.3, -0.25) is 4.57 Å². The molecule has 5 nitrogen and oxygen atoms in total. The van der Waals surface area contributed by atoms with E-state index in [0.29, 0.717) is 17.0 Å². The predicted octanol–water partition coefficient (Wildman–Crippen LogP) is 3.33. The van der Waals surface area contributed by atoms with Gasteiger partial charge in [-0.25, -0.2) is 14.0 Å². The third kappa shape index (κ3) is 2.35. The van der Waals surface area contributed by atoms with Crippen LogP contribution < -0.4 is 10.2 Å². The van der Waals surface area contributed by atoms with Crippen molar-refractivity contribution in [1.29, 1.82) is 0 Å². The predicted molar refractivity (Wildman–Crippen MR) is 108 cm³/mol. The molecule has 3 aromatic rings. The van der Waals surface area contributed by atoms with Crippen LogP contribution in [0.5, 0.6) is 0 Å². The fourth-order valence-electron chi connectivity index (χ4n) is 3.91. The number of rotatable bonds is 2. The third-order valence-electron chi connectivity index (χ3n) is 5.30. The molecule has 0 saturated heterocycles. The Balaban J connectivity index is 2.09. The first kappa shape index (κ1) is 17.9. The van der Waals surface area contributed by atoms with Gasteiger partial charge in [-0.2, -0.15) is 0 Å². The first-order valence-electron chi connectivity index (χ1n) is 8.79. The number of para-hydroxylation sites is 1. The van der Waals surface area contributed by atoms with Gasteiger partial charge in [0.2, 0.25) is 5.82 Å². The number of aryl methyl sites for hydroxylation is 1. The van der Waals surface area contributed by atoms with Crippen molar-refractivity contribution in [2.24, 2.45) is 12.8 Å². The number of halogens is 1. The molecule has 2 heterocycles. The lowest BCUT2D eigenvalue weighted by molar-refractivity contribution is -0.136. The lowest BCUT2D eigenvalue weighted by atomic mass is 9.95. The summed E-state index contributed by atoms with van der Waals surface area (Å²) in [5.74, 6) is -0.668. The van der Waals surface area contributed by atoms with E-state index in [1.54, 1.807) is 25.3 Å². The number of nitrogens with two attached hydrogens (primary N) is 1. The van der Waals surface area contributed by atoms with Gasteiger partial charge in [0.15, 0.2) is 0 Å².